The zero-order chi connectivity index (χ0) is 20.5. The number of carbonyl (C=O) groups excluding carboxylic acids is 1. The van der Waals surface area contributed by atoms with Crippen LogP contribution in [-0.2, 0) is 16.0 Å². The van der Waals surface area contributed by atoms with Gasteiger partial charge < -0.3 is 18.8 Å². The third-order valence-electron chi connectivity index (χ3n) is 4.46. The van der Waals surface area contributed by atoms with Crippen molar-refractivity contribution in [2.75, 3.05) is 27.3 Å². The second-order valence-electron chi connectivity index (χ2n) is 6.54. The van der Waals surface area contributed by atoms with Crippen LogP contribution in [0.15, 0.2) is 65.1 Å². The van der Waals surface area contributed by atoms with Gasteiger partial charge in [0.1, 0.15) is 12.4 Å². The number of hydrogen-bond donors (Lipinski definition) is 0. The van der Waals surface area contributed by atoms with Gasteiger partial charge in [-0.05, 0) is 17.7 Å². The van der Waals surface area contributed by atoms with Crippen LogP contribution in [0.25, 0.3) is 0 Å². The SMILES string of the molecule is CO[C@@H](c1ccccc1)c1nnc(CCC(=O)N(C)CCOc2ccccc2)o1. The van der Waals surface area contributed by atoms with Crippen molar-refractivity contribution in [2.45, 2.75) is 18.9 Å². The van der Waals surface area contributed by atoms with Crippen molar-refractivity contribution >= 4 is 5.91 Å². The van der Waals surface area contributed by atoms with Crippen molar-refractivity contribution in [2.24, 2.45) is 0 Å². The van der Waals surface area contributed by atoms with Gasteiger partial charge in [0.05, 0.1) is 6.54 Å². The zero-order valence-corrected chi connectivity index (χ0v) is 16.7. The molecule has 3 aromatic rings. The molecule has 0 radical (unpaired) electrons. The smallest absolute Gasteiger partial charge is 0.249 e. The average molecular weight is 395 g/mol. The number of aryl methyl sites for hydroxylation is 1. The molecular weight excluding hydrogens is 370 g/mol. The molecule has 29 heavy (non-hydrogen) atoms. The van der Waals surface area contributed by atoms with Crippen molar-refractivity contribution in [1.82, 2.24) is 15.1 Å². The minimum atomic E-state index is -0.425. The van der Waals surface area contributed by atoms with E-state index < -0.39 is 6.10 Å². The minimum Gasteiger partial charge on any atom is -0.492 e. The number of methoxy groups -OCH3 is 1. The van der Waals surface area contributed by atoms with Gasteiger partial charge in [0.25, 0.3) is 0 Å². The molecule has 1 atom stereocenters. The number of rotatable bonds is 10. The maximum atomic E-state index is 12.3. The summed E-state index contributed by atoms with van der Waals surface area (Å²) in [4.78, 5) is 14.0. The number of hydrogen-bond acceptors (Lipinski definition) is 6. The summed E-state index contributed by atoms with van der Waals surface area (Å²) in [5.74, 6) is 1.58. The molecule has 3 rings (SSSR count). The summed E-state index contributed by atoms with van der Waals surface area (Å²) in [5, 5.41) is 8.13. The van der Waals surface area contributed by atoms with E-state index in [2.05, 4.69) is 10.2 Å². The molecule has 0 aliphatic rings. The third-order valence-corrected chi connectivity index (χ3v) is 4.46. The highest BCUT2D eigenvalue weighted by molar-refractivity contribution is 5.75. The Kier molecular flexibility index (Phi) is 7.35. The van der Waals surface area contributed by atoms with Gasteiger partial charge in [-0.1, -0.05) is 48.5 Å². The quantitative estimate of drug-likeness (QED) is 0.524. The van der Waals surface area contributed by atoms with E-state index in [1.807, 2.05) is 60.7 Å². The molecule has 0 aliphatic heterocycles. The number of benzene rings is 2. The Hall–Kier alpha value is -3.19. The molecule has 0 bridgehead atoms. The number of ether oxygens (including phenoxy) is 2. The van der Waals surface area contributed by atoms with Crippen molar-refractivity contribution in [3.63, 3.8) is 0 Å². The highest BCUT2D eigenvalue weighted by Gasteiger charge is 2.20. The standard InChI is InChI=1S/C22H25N3O4/c1-25(15-16-28-18-11-7-4-8-12-18)20(26)14-13-19-23-24-22(29-19)21(27-2)17-9-5-3-6-10-17/h3-12,21H,13-16H2,1-2H3/t21-/m0/s1. The third kappa shape index (κ3) is 5.89. The maximum Gasteiger partial charge on any atom is 0.249 e. The number of likely N-dealkylation sites (N-methyl/N-ethyl adjacent to an activating group) is 1. The molecule has 0 saturated heterocycles. The molecule has 1 amide bonds. The highest BCUT2D eigenvalue weighted by atomic mass is 16.5. The molecule has 2 aromatic carbocycles. The van der Waals surface area contributed by atoms with Crippen LogP contribution in [0.5, 0.6) is 5.75 Å². The number of amides is 1. The first-order chi connectivity index (χ1) is 14.2. The van der Waals surface area contributed by atoms with Crippen LogP contribution in [0.2, 0.25) is 0 Å². The molecular formula is C22H25N3O4. The van der Waals surface area contributed by atoms with Crippen LogP contribution < -0.4 is 4.74 Å². The summed E-state index contributed by atoms with van der Waals surface area (Å²) in [5.41, 5.74) is 0.930. The van der Waals surface area contributed by atoms with Crippen LogP contribution in [0.1, 0.15) is 29.9 Å². The Bertz CT molecular complexity index is 883. The predicted octanol–water partition coefficient (Wildman–Crippen LogP) is 3.28. The molecule has 7 nitrogen and oxygen atoms in total. The lowest BCUT2D eigenvalue weighted by Gasteiger charge is -2.17. The van der Waals surface area contributed by atoms with E-state index in [0.29, 0.717) is 31.4 Å². The summed E-state index contributed by atoms with van der Waals surface area (Å²) in [6.45, 7) is 0.937. The van der Waals surface area contributed by atoms with Crippen molar-refractivity contribution in [1.29, 1.82) is 0 Å². The Balaban J connectivity index is 1.46. The van der Waals surface area contributed by atoms with Gasteiger partial charge in [-0.2, -0.15) is 0 Å². The Morgan fingerprint density at radius 3 is 2.45 bits per heavy atom. The summed E-state index contributed by atoms with van der Waals surface area (Å²) in [6, 6.07) is 19.2. The number of nitrogens with zero attached hydrogens (tertiary/aromatic N) is 3. The molecule has 1 aromatic heterocycles. The van der Waals surface area contributed by atoms with E-state index in [4.69, 9.17) is 13.9 Å². The first kappa shape index (κ1) is 20.5. The lowest BCUT2D eigenvalue weighted by atomic mass is 10.1. The van der Waals surface area contributed by atoms with Crippen LogP contribution in [0.3, 0.4) is 0 Å². The van der Waals surface area contributed by atoms with Gasteiger partial charge >= 0.3 is 0 Å². The summed E-state index contributed by atoms with van der Waals surface area (Å²) >= 11 is 0. The van der Waals surface area contributed by atoms with E-state index in [-0.39, 0.29) is 12.3 Å². The van der Waals surface area contributed by atoms with Crippen LogP contribution in [-0.4, -0.2) is 48.3 Å². The molecule has 0 aliphatic carbocycles. The Morgan fingerprint density at radius 1 is 1.07 bits per heavy atom. The number of aromatic nitrogens is 2. The molecule has 0 N–H and O–H groups in total. The lowest BCUT2D eigenvalue weighted by Crippen LogP contribution is -2.31. The Morgan fingerprint density at radius 2 is 1.76 bits per heavy atom. The second kappa shape index (κ2) is 10.4. The average Bonchev–Trinajstić information content (AvgIpc) is 3.22. The van der Waals surface area contributed by atoms with E-state index >= 15 is 0 Å². The van der Waals surface area contributed by atoms with Crippen molar-refractivity contribution < 1.29 is 18.7 Å². The second-order valence-corrected chi connectivity index (χ2v) is 6.54. The molecule has 0 spiro atoms. The van der Waals surface area contributed by atoms with Gasteiger partial charge in [-0.15, -0.1) is 10.2 Å². The van der Waals surface area contributed by atoms with Crippen LogP contribution in [0.4, 0.5) is 0 Å². The fraction of sp³-hybridized carbons (Fsp3) is 0.318. The molecule has 7 heteroatoms. The highest BCUT2D eigenvalue weighted by Crippen LogP contribution is 2.24. The van der Waals surface area contributed by atoms with E-state index in [9.17, 15) is 4.79 Å². The van der Waals surface area contributed by atoms with Gasteiger partial charge in [-0.25, -0.2) is 0 Å². The summed E-state index contributed by atoms with van der Waals surface area (Å²) < 4.78 is 16.8. The fourth-order valence-electron chi connectivity index (χ4n) is 2.83. The molecule has 152 valence electrons. The summed E-state index contributed by atoms with van der Waals surface area (Å²) in [6.07, 6.45) is 0.235. The van der Waals surface area contributed by atoms with Crippen LogP contribution in [0, 0.1) is 0 Å². The van der Waals surface area contributed by atoms with Crippen molar-refractivity contribution in [3.8, 4) is 5.75 Å². The fourth-order valence-corrected chi connectivity index (χ4v) is 2.83. The van der Waals surface area contributed by atoms with Gasteiger partial charge in [0.15, 0.2) is 6.10 Å². The van der Waals surface area contributed by atoms with E-state index in [1.165, 1.54) is 0 Å². The number of carbonyl (C=O) groups is 1. The molecule has 1 heterocycles. The largest absolute Gasteiger partial charge is 0.492 e. The van der Waals surface area contributed by atoms with Gasteiger partial charge in [0, 0.05) is 27.0 Å². The molecule has 0 saturated carbocycles. The Labute approximate surface area is 170 Å². The monoisotopic (exact) mass is 395 g/mol. The van der Waals surface area contributed by atoms with Crippen LogP contribution >= 0.6 is 0 Å². The first-order valence-corrected chi connectivity index (χ1v) is 9.49. The first-order valence-electron chi connectivity index (χ1n) is 9.49. The molecule has 0 unspecified atom stereocenters. The van der Waals surface area contributed by atoms with Gasteiger partial charge in [0.2, 0.25) is 17.7 Å². The lowest BCUT2D eigenvalue weighted by molar-refractivity contribution is -0.130. The van der Waals surface area contributed by atoms with E-state index in [1.54, 1.807) is 19.1 Å². The normalized spacial score (nSPS) is 11.8. The number of para-hydroxylation sites is 1. The maximum absolute atomic E-state index is 12.3. The van der Waals surface area contributed by atoms with Crippen molar-refractivity contribution in [3.05, 3.63) is 78.0 Å². The molecule has 0 fully saturated rings. The minimum absolute atomic E-state index is 0.00670. The predicted molar refractivity (Wildman–Crippen MR) is 107 cm³/mol. The van der Waals surface area contributed by atoms with Gasteiger partial charge in [-0.3, -0.25) is 4.79 Å². The zero-order valence-electron chi connectivity index (χ0n) is 16.7. The summed E-state index contributed by atoms with van der Waals surface area (Å²) in [7, 11) is 3.35. The van der Waals surface area contributed by atoms with E-state index in [0.717, 1.165) is 11.3 Å². The topological polar surface area (TPSA) is 77.7 Å².